The van der Waals surface area contributed by atoms with E-state index in [1.165, 1.54) is 0 Å². The topological polar surface area (TPSA) is 108 Å². The molecule has 2 fully saturated rings. The van der Waals surface area contributed by atoms with Crippen molar-refractivity contribution < 1.29 is 8.42 Å². The van der Waals surface area contributed by atoms with E-state index in [9.17, 15) is 8.42 Å². The second-order valence-corrected chi connectivity index (χ2v) is 10.3. The lowest BCUT2D eigenvalue weighted by Crippen LogP contribution is -2.39. The zero-order chi connectivity index (χ0) is 19.7. The molecule has 1 aliphatic heterocycles. The highest BCUT2D eigenvalue weighted by Gasteiger charge is 2.34. The first-order valence-corrected chi connectivity index (χ1v) is 11.8. The summed E-state index contributed by atoms with van der Waals surface area (Å²) in [5.41, 5.74) is 6.55. The summed E-state index contributed by atoms with van der Waals surface area (Å²) in [6, 6.07) is 2.38. The van der Waals surface area contributed by atoms with Crippen molar-refractivity contribution in [1.29, 1.82) is 0 Å². The van der Waals surface area contributed by atoms with E-state index in [1.807, 2.05) is 12.3 Å². The summed E-state index contributed by atoms with van der Waals surface area (Å²) in [5, 5.41) is 1.03. The molecule has 0 spiro atoms. The number of rotatable bonds is 6. The fraction of sp³-hybridized carbons (Fsp3) is 0.684. The van der Waals surface area contributed by atoms with Crippen molar-refractivity contribution in [1.82, 2.24) is 19.3 Å². The number of nitrogens with one attached hydrogen (secondary N) is 1. The van der Waals surface area contributed by atoms with Crippen LogP contribution in [-0.4, -0.2) is 66.2 Å². The SMILES string of the molecule is CN(c1ncnc2[nH]ccc12)[C@H]1CC[C@H](CS(=O)(=O)N2CCC(CN)C2)CC1. The van der Waals surface area contributed by atoms with E-state index >= 15 is 0 Å². The van der Waals surface area contributed by atoms with Crippen LogP contribution in [0.15, 0.2) is 18.6 Å². The third-order valence-corrected chi connectivity index (χ3v) is 8.46. The number of H-pyrrole nitrogens is 1. The molecule has 1 aliphatic carbocycles. The molecular weight excluding hydrogens is 376 g/mol. The summed E-state index contributed by atoms with van der Waals surface area (Å²) in [7, 11) is -1.10. The molecule has 1 saturated carbocycles. The summed E-state index contributed by atoms with van der Waals surface area (Å²) >= 11 is 0. The Hall–Kier alpha value is -1.71. The van der Waals surface area contributed by atoms with Gasteiger partial charge in [0.15, 0.2) is 0 Å². The Morgan fingerprint density at radius 1 is 1.21 bits per heavy atom. The van der Waals surface area contributed by atoms with Crippen LogP contribution < -0.4 is 10.6 Å². The fourth-order valence-corrected chi connectivity index (χ4v) is 6.62. The Labute approximate surface area is 166 Å². The molecular formula is C19H30N6O2S. The third-order valence-electron chi connectivity index (χ3n) is 6.45. The van der Waals surface area contributed by atoms with Gasteiger partial charge in [-0.05, 0) is 56.6 Å². The van der Waals surface area contributed by atoms with Crippen LogP contribution in [0.1, 0.15) is 32.1 Å². The smallest absolute Gasteiger partial charge is 0.214 e. The third kappa shape index (κ3) is 3.88. The van der Waals surface area contributed by atoms with Gasteiger partial charge in [0.25, 0.3) is 0 Å². The number of anilines is 1. The summed E-state index contributed by atoms with van der Waals surface area (Å²) in [4.78, 5) is 14.1. The van der Waals surface area contributed by atoms with Gasteiger partial charge in [-0.1, -0.05) is 0 Å². The molecule has 1 saturated heterocycles. The van der Waals surface area contributed by atoms with Gasteiger partial charge in [-0.2, -0.15) is 0 Å². The molecule has 2 aromatic heterocycles. The molecule has 3 N–H and O–H groups in total. The largest absolute Gasteiger partial charge is 0.356 e. The molecule has 0 amide bonds. The number of aromatic nitrogens is 3. The molecule has 28 heavy (non-hydrogen) atoms. The van der Waals surface area contributed by atoms with Gasteiger partial charge in [-0.3, -0.25) is 0 Å². The Balaban J connectivity index is 1.35. The van der Waals surface area contributed by atoms with Gasteiger partial charge in [-0.25, -0.2) is 22.7 Å². The Bertz CT molecular complexity index is 906. The fourth-order valence-electron chi connectivity index (χ4n) is 4.66. The standard InChI is InChI=1S/C19H30N6O2S/c1-24(19-17-6-8-21-18(17)22-13-23-19)16-4-2-14(3-5-16)12-28(26,27)25-9-7-15(10-20)11-25/h6,8,13-16H,2-5,7,9-12,20H2,1H3,(H,21,22,23)/t14-,15?,16-. The molecule has 1 unspecified atom stereocenters. The van der Waals surface area contributed by atoms with Crippen LogP contribution in [-0.2, 0) is 10.0 Å². The maximum Gasteiger partial charge on any atom is 0.214 e. The van der Waals surface area contributed by atoms with Crippen molar-refractivity contribution in [3.63, 3.8) is 0 Å². The molecule has 9 heteroatoms. The molecule has 154 valence electrons. The number of sulfonamides is 1. The zero-order valence-corrected chi connectivity index (χ0v) is 17.2. The van der Waals surface area contributed by atoms with E-state index in [0.717, 1.165) is 49.0 Å². The van der Waals surface area contributed by atoms with Gasteiger partial charge in [0.05, 0.1) is 11.1 Å². The second kappa shape index (κ2) is 7.96. The minimum absolute atomic E-state index is 0.240. The lowest BCUT2D eigenvalue weighted by molar-refractivity contribution is 0.335. The van der Waals surface area contributed by atoms with Crippen LogP contribution in [0.2, 0.25) is 0 Å². The number of hydrogen-bond donors (Lipinski definition) is 2. The summed E-state index contributed by atoms with van der Waals surface area (Å²) in [6.45, 7) is 1.79. The first kappa shape index (κ1) is 19.6. The quantitative estimate of drug-likeness (QED) is 0.754. The summed E-state index contributed by atoms with van der Waals surface area (Å²) < 4.78 is 27.2. The van der Waals surface area contributed by atoms with E-state index in [0.29, 0.717) is 31.6 Å². The molecule has 0 bridgehead atoms. The lowest BCUT2D eigenvalue weighted by Gasteiger charge is -2.35. The highest BCUT2D eigenvalue weighted by molar-refractivity contribution is 7.89. The molecule has 3 heterocycles. The van der Waals surface area contributed by atoms with E-state index in [4.69, 9.17) is 5.73 Å². The van der Waals surface area contributed by atoms with Gasteiger partial charge >= 0.3 is 0 Å². The number of nitrogens with zero attached hydrogens (tertiary/aromatic N) is 4. The van der Waals surface area contributed by atoms with E-state index < -0.39 is 10.0 Å². The monoisotopic (exact) mass is 406 g/mol. The Morgan fingerprint density at radius 2 is 2.00 bits per heavy atom. The number of hydrogen-bond acceptors (Lipinski definition) is 6. The minimum atomic E-state index is -3.17. The maximum absolute atomic E-state index is 12.8. The first-order chi connectivity index (χ1) is 13.5. The van der Waals surface area contributed by atoms with Crippen LogP contribution in [0.4, 0.5) is 5.82 Å². The average molecular weight is 407 g/mol. The second-order valence-electron chi connectivity index (χ2n) is 8.25. The van der Waals surface area contributed by atoms with Crippen LogP contribution in [0, 0.1) is 11.8 Å². The Kier molecular flexibility index (Phi) is 5.57. The maximum atomic E-state index is 12.8. The average Bonchev–Trinajstić information content (AvgIpc) is 3.37. The highest BCUT2D eigenvalue weighted by atomic mass is 32.2. The van der Waals surface area contributed by atoms with Gasteiger partial charge in [0.2, 0.25) is 10.0 Å². The molecule has 4 rings (SSSR count). The Morgan fingerprint density at radius 3 is 2.71 bits per heavy atom. The number of aromatic amines is 1. The molecule has 2 aromatic rings. The van der Waals surface area contributed by atoms with Crippen molar-refractivity contribution in [2.75, 3.05) is 37.3 Å². The van der Waals surface area contributed by atoms with Crippen molar-refractivity contribution in [3.8, 4) is 0 Å². The minimum Gasteiger partial charge on any atom is -0.356 e. The van der Waals surface area contributed by atoms with Gasteiger partial charge in [0.1, 0.15) is 17.8 Å². The van der Waals surface area contributed by atoms with Crippen LogP contribution in [0.5, 0.6) is 0 Å². The van der Waals surface area contributed by atoms with Crippen LogP contribution in [0.3, 0.4) is 0 Å². The number of fused-ring (bicyclic) bond motifs is 1. The normalized spacial score (nSPS) is 26.7. The van der Waals surface area contributed by atoms with Gasteiger partial charge in [-0.15, -0.1) is 0 Å². The highest BCUT2D eigenvalue weighted by Crippen LogP contribution is 2.33. The predicted octanol–water partition coefficient (Wildman–Crippen LogP) is 1.56. The van der Waals surface area contributed by atoms with Crippen LogP contribution >= 0.6 is 0 Å². The van der Waals surface area contributed by atoms with E-state index in [2.05, 4.69) is 26.9 Å². The number of nitrogens with two attached hydrogens (primary N) is 1. The first-order valence-electron chi connectivity index (χ1n) is 10.2. The zero-order valence-electron chi connectivity index (χ0n) is 16.4. The molecule has 2 aliphatic rings. The van der Waals surface area contributed by atoms with Gasteiger partial charge in [0, 0.05) is 32.4 Å². The van der Waals surface area contributed by atoms with Crippen molar-refractivity contribution >= 4 is 26.9 Å². The van der Waals surface area contributed by atoms with E-state index in [1.54, 1.807) is 10.6 Å². The van der Waals surface area contributed by atoms with E-state index in [-0.39, 0.29) is 11.7 Å². The molecule has 0 aromatic carbocycles. The summed E-state index contributed by atoms with van der Waals surface area (Å²) in [6.07, 6.45) is 8.20. The summed E-state index contributed by atoms with van der Waals surface area (Å²) in [5.74, 6) is 1.77. The molecule has 1 atom stereocenters. The van der Waals surface area contributed by atoms with Crippen molar-refractivity contribution in [3.05, 3.63) is 18.6 Å². The molecule has 8 nitrogen and oxygen atoms in total. The van der Waals surface area contributed by atoms with Crippen molar-refractivity contribution in [2.45, 2.75) is 38.1 Å². The van der Waals surface area contributed by atoms with Gasteiger partial charge < -0.3 is 15.6 Å². The lowest BCUT2D eigenvalue weighted by atomic mass is 9.86. The van der Waals surface area contributed by atoms with Crippen LogP contribution in [0.25, 0.3) is 11.0 Å². The predicted molar refractivity (Wildman–Crippen MR) is 111 cm³/mol. The van der Waals surface area contributed by atoms with Crippen molar-refractivity contribution in [2.24, 2.45) is 17.6 Å². The molecule has 0 radical (unpaired) electrons.